The normalized spacial score (nSPS) is 32.8. The molecule has 0 aromatic rings. The summed E-state index contributed by atoms with van der Waals surface area (Å²) in [5, 5.41) is 0. The highest BCUT2D eigenvalue weighted by atomic mass is 19.3. The summed E-state index contributed by atoms with van der Waals surface area (Å²) in [6.07, 6.45) is 6.69. The molecular weight excluding hydrogens is 668 g/mol. The van der Waals surface area contributed by atoms with Gasteiger partial charge in [0.1, 0.15) is 17.2 Å². The Morgan fingerprint density at radius 3 is 1.35 bits per heavy atom. The molecule has 0 spiro atoms. The number of ketones is 2. The number of carbonyl (C=O) groups excluding carboxylic acids is 4. The van der Waals surface area contributed by atoms with Gasteiger partial charge in [0.2, 0.25) is 0 Å². The van der Waals surface area contributed by atoms with Crippen LogP contribution in [0.15, 0.2) is 0 Å². The number of rotatable bonds is 11. The molecule has 0 heterocycles. The first-order valence-electron chi connectivity index (χ1n) is 19.7. The molecule has 0 aliphatic heterocycles. The monoisotopic (exact) mass is 734 g/mol. The van der Waals surface area contributed by atoms with Crippen molar-refractivity contribution in [2.45, 2.75) is 137 Å². The molecule has 51 heavy (non-hydrogen) atoms. The maximum atomic E-state index is 12.9. The maximum Gasteiger partial charge on any atom is 0.377 e. The highest BCUT2D eigenvalue weighted by Gasteiger charge is 2.60. The fourth-order valence-corrected chi connectivity index (χ4v) is 9.93. The number of halogens is 4. The van der Waals surface area contributed by atoms with Gasteiger partial charge in [0.05, 0.1) is 44.7 Å². The van der Waals surface area contributed by atoms with Crippen molar-refractivity contribution in [3.63, 3.8) is 0 Å². The number of esters is 2. The van der Waals surface area contributed by atoms with Crippen LogP contribution in [0.1, 0.15) is 120 Å². The lowest BCUT2D eigenvalue weighted by molar-refractivity contribution is -0.894. The van der Waals surface area contributed by atoms with Gasteiger partial charge in [-0.2, -0.15) is 8.78 Å². The minimum Gasteiger partial charge on any atom is -0.459 e. The Bertz CT molecular complexity index is 1140. The number of hydrogen-bond donors (Lipinski definition) is 2. The Morgan fingerprint density at radius 2 is 1.02 bits per heavy atom. The minimum absolute atomic E-state index is 0.0408. The van der Waals surface area contributed by atoms with E-state index in [-0.39, 0.29) is 35.2 Å². The second kappa shape index (κ2) is 17.8. The quantitative estimate of drug-likeness (QED) is 0.235. The van der Waals surface area contributed by atoms with Gasteiger partial charge in [-0.3, -0.25) is 14.4 Å². The molecule has 8 rings (SSSR count). The van der Waals surface area contributed by atoms with Crippen LogP contribution >= 0.6 is 0 Å². The third-order valence-electron chi connectivity index (χ3n) is 12.5. The van der Waals surface area contributed by atoms with E-state index in [4.69, 9.17) is 9.47 Å². The molecular formula is C39H66F4N2O6+2. The van der Waals surface area contributed by atoms with Crippen LogP contribution in [0.3, 0.4) is 0 Å². The molecule has 4 atom stereocenters. The molecule has 0 aromatic carbocycles. The molecule has 8 saturated carbocycles. The van der Waals surface area contributed by atoms with E-state index in [0.29, 0.717) is 57.3 Å². The number of alkyl halides is 4. The first-order chi connectivity index (χ1) is 23.8. The van der Waals surface area contributed by atoms with E-state index in [9.17, 15) is 36.7 Å². The van der Waals surface area contributed by atoms with Gasteiger partial charge in [0, 0.05) is 37.5 Å². The lowest BCUT2D eigenvalue weighted by atomic mass is 9.49. The number of carbonyl (C=O) groups is 4. The predicted octanol–water partition coefficient (Wildman–Crippen LogP) is 4.77. The summed E-state index contributed by atoms with van der Waals surface area (Å²) in [5.74, 6) is -7.35. The average molecular weight is 735 g/mol. The lowest BCUT2D eigenvalue weighted by Gasteiger charge is -2.54. The Balaban J connectivity index is 0.000000203. The van der Waals surface area contributed by atoms with E-state index >= 15 is 0 Å². The fourth-order valence-electron chi connectivity index (χ4n) is 9.93. The number of Topliss-reactive ketones (excluding diaryl/α,β-unsaturated/α-hetero) is 2. The minimum atomic E-state index is -3.45. The van der Waals surface area contributed by atoms with E-state index in [0.717, 1.165) is 32.6 Å². The second-order valence-corrected chi connectivity index (χ2v) is 16.5. The van der Waals surface area contributed by atoms with Gasteiger partial charge in [-0.05, 0) is 118 Å². The largest absolute Gasteiger partial charge is 0.459 e. The summed E-state index contributed by atoms with van der Waals surface area (Å²) in [4.78, 5) is 50.8. The topological polar surface area (TPSA) is 95.6 Å². The van der Waals surface area contributed by atoms with Crippen LogP contribution in [0.25, 0.3) is 0 Å². The van der Waals surface area contributed by atoms with Crippen LogP contribution in [-0.2, 0) is 28.7 Å². The van der Waals surface area contributed by atoms with E-state index < -0.39 is 41.4 Å². The van der Waals surface area contributed by atoms with Crippen molar-refractivity contribution < 1.29 is 56.0 Å². The van der Waals surface area contributed by atoms with Crippen LogP contribution in [0.5, 0.6) is 0 Å². The van der Waals surface area contributed by atoms with Crippen molar-refractivity contribution in [1.82, 2.24) is 0 Å². The van der Waals surface area contributed by atoms with Crippen LogP contribution < -0.4 is 9.80 Å². The highest BCUT2D eigenvalue weighted by Crippen LogP contribution is 2.59. The van der Waals surface area contributed by atoms with Crippen molar-refractivity contribution >= 4 is 23.5 Å². The lowest BCUT2D eigenvalue weighted by Crippen LogP contribution is -3.11. The molecule has 8 aliphatic rings. The molecule has 8 aliphatic carbocycles. The highest BCUT2D eigenvalue weighted by molar-refractivity contribution is 5.90. The summed E-state index contributed by atoms with van der Waals surface area (Å²) in [5.41, 5.74) is -1.45. The zero-order valence-electron chi connectivity index (χ0n) is 32.4. The van der Waals surface area contributed by atoms with E-state index in [2.05, 4.69) is 41.5 Å². The van der Waals surface area contributed by atoms with E-state index in [1.807, 2.05) is 0 Å². The fraction of sp³-hybridized carbons (Fsp3) is 0.897. The average Bonchev–Trinajstić information content (AvgIpc) is 3.05. The summed E-state index contributed by atoms with van der Waals surface area (Å²) in [6, 6.07) is 0. The van der Waals surface area contributed by atoms with Crippen LogP contribution in [0.4, 0.5) is 17.6 Å². The van der Waals surface area contributed by atoms with Gasteiger partial charge in [-0.15, -0.1) is 0 Å². The third kappa shape index (κ3) is 11.2. The van der Waals surface area contributed by atoms with Crippen LogP contribution in [0, 0.1) is 40.9 Å². The van der Waals surface area contributed by atoms with Gasteiger partial charge >= 0.3 is 17.9 Å². The summed E-state index contributed by atoms with van der Waals surface area (Å²) in [7, 11) is 0. The molecule has 0 aromatic heterocycles. The van der Waals surface area contributed by atoms with Crippen molar-refractivity contribution in [3.8, 4) is 0 Å². The standard InChI is InChI=1S/C14H18F2O3.C13H16F2O3.2C6H15N/c1-13(15,16)7-19-12(18)14-4-8-2-9(5-14)11(17)10(3-8)6-14;1-12(14,15)11(17)18-13-4-7-2-8(5-13)10(16)9(3-7)6-13;2*1-4-7(5-2)6-3/h8-10H,2-7H2,1H3;7-9H,2-6H2,1H3;2*4-6H2,1-3H3/p+2. The van der Waals surface area contributed by atoms with E-state index in [1.54, 1.807) is 9.80 Å². The first-order valence-corrected chi connectivity index (χ1v) is 19.7. The SMILES string of the molecule is CC(F)(F)C(=O)OC12CC3CC(C1)C(=O)C(C3)C2.CC(F)(F)COC(=O)C12CC3CC(C1)C(=O)C(C3)C2.CC[NH+](CC)CC.CC[NH+](CC)CC. The van der Waals surface area contributed by atoms with Gasteiger partial charge in [0.25, 0.3) is 5.92 Å². The van der Waals surface area contributed by atoms with Gasteiger partial charge in [-0.25, -0.2) is 13.6 Å². The number of quaternary nitrogens is 2. The Kier molecular flexibility index (Phi) is 15.1. The first kappa shape index (κ1) is 43.3. The number of ether oxygens (including phenoxy) is 2. The van der Waals surface area contributed by atoms with E-state index in [1.165, 1.54) is 39.3 Å². The van der Waals surface area contributed by atoms with Gasteiger partial charge in [0.15, 0.2) is 6.61 Å². The van der Waals surface area contributed by atoms with Gasteiger partial charge < -0.3 is 19.3 Å². The van der Waals surface area contributed by atoms with Crippen molar-refractivity contribution in [3.05, 3.63) is 0 Å². The second-order valence-electron chi connectivity index (χ2n) is 16.5. The third-order valence-corrected chi connectivity index (χ3v) is 12.5. The zero-order valence-corrected chi connectivity index (χ0v) is 32.4. The Morgan fingerprint density at radius 1 is 0.647 bits per heavy atom. The molecule has 0 radical (unpaired) electrons. The summed E-state index contributed by atoms with van der Waals surface area (Å²) in [6.45, 7) is 21.4. The zero-order chi connectivity index (χ0) is 38.4. The molecule has 294 valence electrons. The molecule has 8 nitrogen and oxygen atoms in total. The van der Waals surface area contributed by atoms with Crippen LogP contribution in [0.2, 0.25) is 0 Å². The smallest absolute Gasteiger partial charge is 0.377 e. The van der Waals surface area contributed by atoms with Crippen molar-refractivity contribution in [1.29, 1.82) is 0 Å². The molecule has 8 bridgehead atoms. The molecule has 8 fully saturated rings. The van der Waals surface area contributed by atoms with Crippen molar-refractivity contribution in [2.24, 2.45) is 40.9 Å². The Hall–Kier alpha value is -2.08. The van der Waals surface area contributed by atoms with Crippen LogP contribution in [-0.4, -0.2) is 86.8 Å². The Labute approximate surface area is 303 Å². The summed E-state index contributed by atoms with van der Waals surface area (Å²) < 4.78 is 61.4. The predicted molar refractivity (Wildman–Crippen MR) is 186 cm³/mol. The molecule has 0 amide bonds. The molecule has 12 heteroatoms. The number of hydrogen-bond acceptors (Lipinski definition) is 6. The molecule has 4 unspecified atom stereocenters. The van der Waals surface area contributed by atoms with Crippen molar-refractivity contribution in [2.75, 3.05) is 45.9 Å². The number of nitrogens with one attached hydrogen (secondary N) is 2. The van der Waals surface area contributed by atoms with Gasteiger partial charge in [-0.1, -0.05) is 0 Å². The summed E-state index contributed by atoms with van der Waals surface area (Å²) >= 11 is 0. The maximum absolute atomic E-state index is 12.9. The molecule has 0 saturated heterocycles. The molecule has 2 N–H and O–H groups in total.